The molecule has 0 spiro atoms. The van der Waals surface area contributed by atoms with E-state index in [0.717, 1.165) is 5.56 Å². The molecule has 0 aliphatic heterocycles. The number of hydrogen-bond donors (Lipinski definition) is 1. The third-order valence-electron chi connectivity index (χ3n) is 2.65. The lowest BCUT2D eigenvalue weighted by atomic mass is 10.2. The molecule has 0 radical (unpaired) electrons. The van der Waals surface area contributed by atoms with E-state index < -0.39 is 0 Å². The van der Waals surface area contributed by atoms with Crippen molar-refractivity contribution in [3.05, 3.63) is 57.8 Å². The number of aromatic hydroxyl groups is 1. The van der Waals surface area contributed by atoms with Gasteiger partial charge in [0.15, 0.2) is 0 Å². The van der Waals surface area contributed by atoms with Gasteiger partial charge in [0.1, 0.15) is 18.1 Å². The van der Waals surface area contributed by atoms with Crippen LogP contribution < -0.4 is 10.1 Å². The molecule has 0 amide bonds. The third-order valence-corrected chi connectivity index (χ3v) is 3.46. The average Bonchev–Trinajstić information content (AvgIpc) is 2.85. The van der Waals surface area contributed by atoms with Gasteiger partial charge in [-0.3, -0.25) is 0 Å². The number of hydrogen-bond acceptors (Lipinski definition) is 4. The van der Waals surface area contributed by atoms with Gasteiger partial charge >= 0.3 is 10.5 Å². The molecule has 2 heterocycles. The largest absolute Gasteiger partial charge is 0.478 e. The van der Waals surface area contributed by atoms with Crippen molar-refractivity contribution in [2.45, 2.75) is 6.54 Å². The van der Waals surface area contributed by atoms with Crippen LogP contribution in [0.1, 0.15) is 5.56 Å². The minimum absolute atomic E-state index is 0.0481. The minimum Gasteiger partial charge on any atom is -0.478 e. The monoisotopic (exact) mass is 260 g/mol. The highest BCUT2D eigenvalue weighted by molar-refractivity contribution is 7.14. The van der Waals surface area contributed by atoms with Gasteiger partial charge in [0, 0.05) is 0 Å². The van der Waals surface area contributed by atoms with E-state index in [-0.39, 0.29) is 11.4 Å². The second-order valence-corrected chi connectivity index (χ2v) is 4.66. The topological polar surface area (TPSA) is 58.5 Å². The number of rotatable bonds is 2. The van der Waals surface area contributed by atoms with E-state index in [1.54, 1.807) is 10.1 Å². The fourth-order valence-corrected chi connectivity index (χ4v) is 2.57. The molecule has 90 valence electrons. The molecule has 0 aliphatic rings. The summed E-state index contributed by atoms with van der Waals surface area (Å²) in [5.74, 6) is -0.0481. The normalized spacial score (nSPS) is 10.9. The molecular formula is C12H10N3O2S+. The average molecular weight is 260 g/mol. The van der Waals surface area contributed by atoms with Gasteiger partial charge < -0.3 is 5.11 Å². The summed E-state index contributed by atoms with van der Waals surface area (Å²) < 4.78 is 2.95. The van der Waals surface area contributed by atoms with Gasteiger partial charge in [-0.25, -0.2) is 4.79 Å². The molecule has 0 atom stereocenters. The molecule has 2 aromatic heterocycles. The van der Waals surface area contributed by atoms with Gasteiger partial charge in [-0.15, -0.1) is 0 Å². The van der Waals surface area contributed by atoms with E-state index in [1.807, 2.05) is 30.3 Å². The highest BCUT2D eigenvalue weighted by atomic mass is 32.1. The molecule has 0 aliphatic carbocycles. The van der Waals surface area contributed by atoms with Crippen molar-refractivity contribution in [2.75, 3.05) is 0 Å². The van der Waals surface area contributed by atoms with Crippen LogP contribution in [0.4, 0.5) is 0 Å². The highest BCUT2D eigenvalue weighted by Gasteiger charge is 2.19. The van der Waals surface area contributed by atoms with Crippen LogP contribution in [0.2, 0.25) is 0 Å². The Hall–Kier alpha value is -2.21. The molecule has 0 saturated carbocycles. The molecular weight excluding hydrogens is 250 g/mol. The Morgan fingerprint density at radius 3 is 2.89 bits per heavy atom. The molecule has 3 rings (SSSR count). The molecule has 0 bridgehead atoms. The van der Waals surface area contributed by atoms with Crippen molar-refractivity contribution in [3.8, 4) is 5.88 Å². The Morgan fingerprint density at radius 1 is 1.33 bits per heavy atom. The maximum atomic E-state index is 11.6. The molecule has 1 N–H and O–H groups in total. The van der Waals surface area contributed by atoms with Crippen LogP contribution in [0.25, 0.3) is 4.96 Å². The van der Waals surface area contributed by atoms with Crippen LogP contribution in [0, 0.1) is 0 Å². The lowest BCUT2D eigenvalue weighted by Crippen LogP contribution is -2.39. The Bertz CT molecular complexity index is 749. The SMILES string of the molecule is O=c1cc(O)[n+](Cc2ccccc2)c2scnn12. The van der Waals surface area contributed by atoms with Gasteiger partial charge in [0.05, 0.1) is 0 Å². The van der Waals surface area contributed by atoms with Crippen LogP contribution in [0.5, 0.6) is 5.88 Å². The van der Waals surface area contributed by atoms with Crippen LogP contribution in [-0.2, 0) is 6.54 Å². The number of aromatic nitrogens is 3. The van der Waals surface area contributed by atoms with Gasteiger partial charge in [-0.05, 0) is 21.4 Å². The third kappa shape index (κ3) is 1.76. The number of fused-ring (bicyclic) bond motifs is 1. The van der Waals surface area contributed by atoms with Crippen molar-refractivity contribution >= 4 is 16.3 Å². The fraction of sp³-hybridized carbons (Fsp3) is 0.0833. The summed E-state index contributed by atoms with van der Waals surface area (Å²) >= 11 is 1.32. The van der Waals surface area contributed by atoms with Crippen molar-refractivity contribution in [1.82, 2.24) is 9.61 Å². The van der Waals surface area contributed by atoms with Gasteiger partial charge in [0.2, 0.25) is 0 Å². The van der Waals surface area contributed by atoms with Crippen molar-refractivity contribution < 1.29 is 9.67 Å². The number of nitrogens with zero attached hydrogens (tertiary/aromatic N) is 3. The van der Waals surface area contributed by atoms with Crippen LogP contribution in [-0.4, -0.2) is 14.7 Å². The Morgan fingerprint density at radius 2 is 2.11 bits per heavy atom. The molecule has 0 unspecified atom stereocenters. The Labute approximate surface area is 106 Å². The highest BCUT2D eigenvalue weighted by Crippen LogP contribution is 2.08. The first-order valence-corrected chi connectivity index (χ1v) is 6.26. The molecule has 0 fully saturated rings. The summed E-state index contributed by atoms with van der Waals surface area (Å²) in [4.78, 5) is 12.2. The smallest absolute Gasteiger partial charge is 0.374 e. The summed E-state index contributed by atoms with van der Waals surface area (Å²) in [5, 5.41) is 13.8. The standard InChI is InChI=1S/C12H9N3O2S/c16-10-6-11(17)15-12(18-8-13-15)14(10)7-9-4-2-1-3-5-9/h1-6,8H,7H2/p+1. The summed E-state index contributed by atoms with van der Waals surface area (Å²) in [5.41, 5.74) is 2.30. The van der Waals surface area contributed by atoms with E-state index in [1.165, 1.54) is 21.9 Å². The van der Waals surface area contributed by atoms with E-state index in [4.69, 9.17) is 0 Å². The summed E-state index contributed by atoms with van der Waals surface area (Å²) in [6.45, 7) is 0.499. The van der Waals surface area contributed by atoms with Gasteiger partial charge in [-0.2, -0.15) is 4.57 Å². The molecule has 3 aromatic rings. The lowest BCUT2D eigenvalue weighted by molar-refractivity contribution is -0.670. The summed E-state index contributed by atoms with van der Waals surface area (Å²) in [6.07, 6.45) is 0. The predicted octanol–water partition coefficient (Wildman–Crippen LogP) is 0.797. The molecule has 6 heteroatoms. The lowest BCUT2D eigenvalue weighted by Gasteiger charge is -2.02. The zero-order chi connectivity index (χ0) is 12.5. The second-order valence-electron chi connectivity index (χ2n) is 3.85. The van der Waals surface area contributed by atoms with Crippen LogP contribution >= 0.6 is 11.3 Å². The fourth-order valence-electron chi connectivity index (χ4n) is 1.81. The first-order chi connectivity index (χ1) is 8.75. The van der Waals surface area contributed by atoms with Gasteiger partial charge in [0.25, 0.3) is 5.88 Å². The van der Waals surface area contributed by atoms with Crippen LogP contribution in [0.15, 0.2) is 46.7 Å². The quantitative estimate of drug-likeness (QED) is 0.693. The second kappa shape index (κ2) is 4.23. The molecule has 5 nitrogen and oxygen atoms in total. The van der Waals surface area contributed by atoms with E-state index in [2.05, 4.69) is 5.10 Å². The zero-order valence-corrected chi connectivity index (χ0v) is 10.2. The molecule has 18 heavy (non-hydrogen) atoms. The van der Waals surface area contributed by atoms with Crippen LogP contribution in [0.3, 0.4) is 0 Å². The predicted molar refractivity (Wildman–Crippen MR) is 66.7 cm³/mol. The molecule has 0 saturated heterocycles. The maximum Gasteiger partial charge on any atom is 0.374 e. The summed E-state index contributed by atoms with van der Waals surface area (Å²) in [7, 11) is 0. The summed E-state index contributed by atoms with van der Waals surface area (Å²) in [6, 6.07) is 10.9. The Balaban J connectivity index is 2.17. The molecule has 1 aromatic carbocycles. The maximum absolute atomic E-state index is 11.6. The van der Waals surface area contributed by atoms with Crippen molar-refractivity contribution in [1.29, 1.82) is 0 Å². The minimum atomic E-state index is -0.326. The van der Waals surface area contributed by atoms with Crippen molar-refractivity contribution in [2.24, 2.45) is 0 Å². The van der Waals surface area contributed by atoms with Crippen molar-refractivity contribution in [3.63, 3.8) is 0 Å². The zero-order valence-electron chi connectivity index (χ0n) is 9.35. The Kier molecular flexibility index (Phi) is 2.56. The van der Waals surface area contributed by atoms with Gasteiger partial charge in [-0.1, -0.05) is 35.4 Å². The van der Waals surface area contributed by atoms with E-state index in [9.17, 15) is 9.90 Å². The van der Waals surface area contributed by atoms with E-state index >= 15 is 0 Å². The van der Waals surface area contributed by atoms with E-state index in [0.29, 0.717) is 11.5 Å². The first-order valence-electron chi connectivity index (χ1n) is 5.38. The first kappa shape index (κ1) is 10.9. The number of benzene rings is 1.